The molecule has 1 atom stereocenters. The van der Waals surface area contributed by atoms with E-state index in [0.717, 1.165) is 18.4 Å². The summed E-state index contributed by atoms with van der Waals surface area (Å²) in [6.07, 6.45) is 2.56. The van der Waals surface area contributed by atoms with Gasteiger partial charge in [0.1, 0.15) is 5.54 Å². The van der Waals surface area contributed by atoms with E-state index in [2.05, 4.69) is 43.4 Å². The third kappa shape index (κ3) is 4.97. The Kier molecular flexibility index (Phi) is 6.21. The Morgan fingerprint density at radius 3 is 2.25 bits per heavy atom. The Labute approximate surface area is 122 Å². The minimum atomic E-state index is -0.842. The Morgan fingerprint density at radius 1 is 1.25 bits per heavy atom. The first kappa shape index (κ1) is 16.7. The summed E-state index contributed by atoms with van der Waals surface area (Å²) in [7, 11) is 0. The molecule has 1 rings (SSSR count). The van der Waals surface area contributed by atoms with Crippen LogP contribution in [-0.2, 0) is 17.8 Å². The highest BCUT2D eigenvalue weighted by molar-refractivity contribution is 5.78. The van der Waals surface area contributed by atoms with Gasteiger partial charge in [-0.05, 0) is 36.8 Å². The van der Waals surface area contributed by atoms with Gasteiger partial charge in [-0.1, -0.05) is 51.5 Å². The molecule has 3 nitrogen and oxygen atoms in total. The molecule has 0 aromatic heterocycles. The molecule has 20 heavy (non-hydrogen) atoms. The van der Waals surface area contributed by atoms with Gasteiger partial charge in [0, 0.05) is 6.54 Å². The van der Waals surface area contributed by atoms with Crippen LogP contribution >= 0.6 is 0 Å². The lowest BCUT2D eigenvalue weighted by Gasteiger charge is -2.26. The smallest absolute Gasteiger partial charge is 0.323 e. The van der Waals surface area contributed by atoms with Crippen LogP contribution in [0.2, 0.25) is 0 Å². The Balaban J connectivity index is 2.62. The van der Waals surface area contributed by atoms with Crippen molar-refractivity contribution in [3.8, 4) is 0 Å². The maximum atomic E-state index is 11.3. The van der Waals surface area contributed by atoms with Gasteiger partial charge in [0.25, 0.3) is 0 Å². The molecule has 0 saturated carbocycles. The van der Waals surface area contributed by atoms with Crippen LogP contribution in [0.1, 0.15) is 51.7 Å². The molecule has 2 N–H and O–H groups in total. The summed E-state index contributed by atoms with van der Waals surface area (Å²) in [5.41, 5.74) is 1.62. The number of carboxylic acid groups (broad SMARTS) is 1. The summed E-state index contributed by atoms with van der Waals surface area (Å²) in [4.78, 5) is 11.3. The van der Waals surface area contributed by atoms with E-state index in [0.29, 0.717) is 18.9 Å². The molecule has 112 valence electrons. The Hall–Kier alpha value is -1.35. The minimum absolute atomic E-state index is 0.588. The van der Waals surface area contributed by atoms with Crippen LogP contribution in [0, 0.1) is 5.92 Å². The van der Waals surface area contributed by atoms with Crippen molar-refractivity contribution in [1.82, 2.24) is 5.32 Å². The quantitative estimate of drug-likeness (QED) is 0.763. The van der Waals surface area contributed by atoms with Gasteiger partial charge in [-0.2, -0.15) is 0 Å². The molecule has 0 bridgehead atoms. The number of aliphatic carboxylic acids is 1. The summed E-state index contributed by atoms with van der Waals surface area (Å²) in [5, 5.41) is 12.5. The maximum Gasteiger partial charge on any atom is 0.323 e. The van der Waals surface area contributed by atoms with E-state index in [4.69, 9.17) is 0 Å². The van der Waals surface area contributed by atoms with Gasteiger partial charge in [0.05, 0.1) is 0 Å². The van der Waals surface area contributed by atoms with Crippen LogP contribution in [-0.4, -0.2) is 16.6 Å². The number of benzene rings is 1. The van der Waals surface area contributed by atoms with Crippen molar-refractivity contribution in [2.75, 3.05) is 0 Å². The highest BCUT2D eigenvalue weighted by Crippen LogP contribution is 2.15. The monoisotopic (exact) mass is 277 g/mol. The highest BCUT2D eigenvalue weighted by Gasteiger charge is 2.31. The molecule has 0 fully saturated rings. The van der Waals surface area contributed by atoms with Gasteiger partial charge in [-0.3, -0.25) is 10.1 Å². The van der Waals surface area contributed by atoms with Crippen LogP contribution in [0.5, 0.6) is 0 Å². The highest BCUT2D eigenvalue weighted by atomic mass is 16.4. The zero-order valence-corrected chi connectivity index (χ0v) is 13.1. The molecule has 1 unspecified atom stereocenters. The van der Waals surface area contributed by atoms with Crippen molar-refractivity contribution in [2.24, 2.45) is 5.92 Å². The molecule has 0 spiro atoms. The zero-order chi connectivity index (χ0) is 15.2. The molecule has 0 amide bonds. The fourth-order valence-corrected chi connectivity index (χ4v) is 2.33. The van der Waals surface area contributed by atoms with Crippen molar-refractivity contribution in [3.05, 3.63) is 35.4 Å². The lowest BCUT2D eigenvalue weighted by molar-refractivity contribution is -0.144. The molecule has 0 aliphatic heterocycles. The molecule has 0 saturated heterocycles. The van der Waals surface area contributed by atoms with Gasteiger partial charge < -0.3 is 5.11 Å². The summed E-state index contributed by atoms with van der Waals surface area (Å²) >= 11 is 0. The van der Waals surface area contributed by atoms with E-state index >= 15 is 0 Å². The predicted molar refractivity (Wildman–Crippen MR) is 82.8 cm³/mol. The van der Waals surface area contributed by atoms with Gasteiger partial charge in [0.15, 0.2) is 0 Å². The lowest BCUT2D eigenvalue weighted by atomic mass is 9.95. The summed E-state index contributed by atoms with van der Waals surface area (Å²) in [5.74, 6) is -0.130. The second-order valence-electron chi connectivity index (χ2n) is 6.16. The second kappa shape index (κ2) is 7.44. The number of carboxylic acids is 1. The van der Waals surface area contributed by atoms with Crippen LogP contribution < -0.4 is 5.32 Å². The van der Waals surface area contributed by atoms with Gasteiger partial charge in [0.2, 0.25) is 0 Å². The van der Waals surface area contributed by atoms with Crippen molar-refractivity contribution < 1.29 is 9.90 Å². The van der Waals surface area contributed by atoms with E-state index in [1.54, 1.807) is 6.92 Å². The molecule has 1 aromatic rings. The summed E-state index contributed by atoms with van der Waals surface area (Å²) in [6, 6.07) is 8.43. The SMILES string of the molecule is CCCC(C)(NCc1ccc(CC(C)C)cc1)C(=O)O. The maximum absolute atomic E-state index is 11.3. The fraction of sp³-hybridized carbons (Fsp3) is 0.588. The molecule has 3 heteroatoms. The van der Waals surface area contributed by atoms with Crippen LogP contribution in [0.15, 0.2) is 24.3 Å². The number of rotatable bonds is 8. The summed E-state index contributed by atoms with van der Waals surface area (Å²) in [6.45, 7) is 8.76. The number of hydrogen-bond acceptors (Lipinski definition) is 2. The van der Waals surface area contributed by atoms with Crippen LogP contribution in [0.4, 0.5) is 0 Å². The van der Waals surface area contributed by atoms with E-state index < -0.39 is 11.5 Å². The number of hydrogen-bond donors (Lipinski definition) is 2. The largest absolute Gasteiger partial charge is 0.480 e. The first-order chi connectivity index (χ1) is 9.37. The molecule has 0 heterocycles. The van der Waals surface area contributed by atoms with E-state index in [1.807, 2.05) is 6.92 Å². The molecule has 0 aliphatic carbocycles. The van der Waals surface area contributed by atoms with Gasteiger partial charge in [-0.15, -0.1) is 0 Å². The van der Waals surface area contributed by atoms with Crippen molar-refractivity contribution in [2.45, 2.75) is 59.0 Å². The average molecular weight is 277 g/mol. The molecule has 0 aliphatic rings. The Morgan fingerprint density at radius 2 is 1.80 bits per heavy atom. The van der Waals surface area contributed by atoms with Crippen LogP contribution in [0.25, 0.3) is 0 Å². The molecular formula is C17H27NO2. The third-order valence-corrected chi connectivity index (χ3v) is 3.57. The predicted octanol–water partition coefficient (Wildman–Crippen LogP) is 3.62. The molecule has 1 aromatic carbocycles. The van der Waals surface area contributed by atoms with Crippen molar-refractivity contribution >= 4 is 5.97 Å². The minimum Gasteiger partial charge on any atom is -0.480 e. The first-order valence-corrected chi connectivity index (χ1v) is 7.43. The first-order valence-electron chi connectivity index (χ1n) is 7.43. The third-order valence-electron chi connectivity index (χ3n) is 3.57. The van der Waals surface area contributed by atoms with Crippen molar-refractivity contribution in [3.63, 3.8) is 0 Å². The van der Waals surface area contributed by atoms with E-state index in [9.17, 15) is 9.90 Å². The lowest BCUT2D eigenvalue weighted by Crippen LogP contribution is -2.48. The zero-order valence-electron chi connectivity index (χ0n) is 13.1. The van der Waals surface area contributed by atoms with Crippen molar-refractivity contribution in [1.29, 1.82) is 0 Å². The standard InChI is InChI=1S/C17H27NO2/c1-5-10-17(4,16(19)20)18-12-15-8-6-14(7-9-15)11-13(2)3/h6-9,13,18H,5,10-12H2,1-4H3,(H,19,20). The topological polar surface area (TPSA) is 49.3 Å². The number of carbonyl (C=O) groups is 1. The average Bonchev–Trinajstić information content (AvgIpc) is 2.37. The molecular weight excluding hydrogens is 250 g/mol. The van der Waals surface area contributed by atoms with Gasteiger partial charge in [-0.25, -0.2) is 0 Å². The second-order valence-corrected chi connectivity index (χ2v) is 6.16. The number of nitrogens with one attached hydrogen (secondary N) is 1. The Bertz CT molecular complexity index is 425. The van der Waals surface area contributed by atoms with Crippen LogP contribution in [0.3, 0.4) is 0 Å². The molecule has 0 radical (unpaired) electrons. The fourth-order valence-electron chi connectivity index (χ4n) is 2.33. The normalized spacial score (nSPS) is 14.2. The van der Waals surface area contributed by atoms with Gasteiger partial charge >= 0.3 is 5.97 Å². The van der Waals surface area contributed by atoms with E-state index in [1.165, 1.54) is 5.56 Å². The van der Waals surface area contributed by atoms with E-state index in [-0.39, 0.29) is 0 Å². The summed E-state index contributed by atoms with van der Waals surface area (Å²) < 4.78 is 0.